The van der Waals surface area contributed by atoms with Crippen molar-refractivity contribution in [1.82, 2.24) is 0 Å². The highest BCUT2D eigenvalue weighted by Crippen LogP contribution is 2.41. The Morgan fingerprint density at radius 1 is 0.889 bits per heavy atom. The summed E-state index contributed by atoms with van der Waals surface area (Å²) in [6.07, 6.45) is 0. The molecule has 0 saturated heterocycles. The Kier molecular flexibility index (Phi) is 4.70. The molecule has 0 spiro atoms. The third kappa shape index (κ3) is 3.72. The Hall–Kier alpha value is -1.58. The van der Waals surface area contributed by atoms with Gasteiger partial charge in [0.05, 0.1) is 27.9 Å². The third-order valence-corrected chi connectivity index (χ3v) is 2.31. The van der Waals surface area contributed by atoms with Crippen molar-refractivity contribution in [3.63, 3.8) is 0 Å². The summed E-state index contributed by atoms with van der Waals surface area (Å²) in [7, 11) is 4.76. The lowest BCUT2D eigenvalue weighted by Gasteiger charge is -2.20. The van der Waals surface area contributed by atoms with Crippen molar-refractivity contribution in [1.29, 1.82) is 0 Å². The summed E-state index contributed by atoms with van der Waals surface area (Å²) in [5.41, 5.74) is 0.0976. The SMILES string of the molecule is COc1cc(OCC(C)(C)C)cc(OC)c1OC. The summed E-state index contributed by atoms with van der Waals surface area (Å²) in [4.78, 5) is 0. The first-order valence-electron chi connectivity index (χ1n) is 5.84. The molecule has 0 aliphatic heterocycles. The first kappa shape index (κ1) is 14.5. The van der Waals surface area contributed by atoms with Crippen LogP contribution in [-0.2, 0) is 0 Å². The number of methoxy groups -OCH3 is 3. The molecule has 0 atom stereocenters. The standard InChI is InChI=1S/C14H22O4/c1-14(2,3)9-18-10-7-11(15-4)13(17-6)12(8-10)16-5/h7-8H,9H2,1-6H3. The van der Waals surface area contributed by atoms with Crippen LogP contribution in [0.4, 0.5) is 0 Å². The van der Waals surface area contributed by atoms with Crippen molar-refractivity contribution in [3.8, 4) is 23.0 Å². The highest BCUT2D eigenvalue weighted by Gasteiger charge is 2.16. The van der Waals surface area contributed by atoms with Gasteiger partial charge in [0, 0.05) is 12.1 Å². The van der Waals surface area contributed by atoms with Crippen molar-refractivity contribution in [2.24, 2.45) is 5.41 Å². The van der Waals surface area contributed by atoms with E-state index < -0.39 is 0 Å². The monoisotopic (exact) mass is 254 g/mol. The fourth-order valence-corrected chi connectivity index (χ4v) is 1.44. The first-order chi connectivity index (χ1) is 8.41. The number of hydrogen-bond acceptors (Lipinski definition) is 4. The van der Waals surface area contributed by atoms with Crippen LogP contribution in [0.3, 0.4) is 0 Å². The van der Waals surface area contributed by atoms with Crippen LogP contribution in [0.25, 0.3) is 0 Å². The molecule has 102 valence electrons. The van der Waals surface area contributed by atoms with E-state index in [1.807, 2.05) is 0 Å². The van der Waals surface area contributed by atoms with Gasteiger partial charge in [-0.2, -0.15) is 0 Å². The van der Waals surface area contributed by atoms with Crippen LogP contribution in [0.1, 0.15) is 20.8 Å². The quantitative estimate of drug-likeness (QED) is 0.809. The second kappa shape index (κ2) is 5.85. The van der Waals surface area contributed by atoms with E-state index >= 15 is 0 Å². The van der Waals surface area contributed by atoms with E-state index in [4.69, 9.17) is 18.9 Å². The van der Waals surface area contributed by atoms with E-state index in [-0.39, 0.29) is 5.41 Å². The Bertz CT molecular complexity index is 368. The normalized spacial score (nSPS) is 11.0. The van der Waals surface area contributed by atoms with E-state index in [9.17, 15) is 0 Å². The highest BCUT2D eigenvalue weighted by molar-refractivity contribution is 5.55. The molecule has 0 heterocycles. The molecule has 1 aromatic carbocycles. The van der Waals surface area contributed by atoms with Crippen LogP contribution >= 0.6 is 0 Å². The number of rotatable bonds is 5. The van der Waals surface area contributed by atoms with E-state index in [2.05, 4.69) is 20.8 Å². The van der Waals surface area contributed by atoms with E-state index in [1.165, 1.54) is 0 Å². The fourth-order valence-electron chi connectivity index (χ4n) is 1.44. The molecule has 0 N–H and O–H groups in total. The number of benzene rings is 1. The maximum Gasteiger partial charge on any atom is 0.203 e. The molecule has 0 aliphatic rings. The Morgan fingerprint density at radius 3 is 1.72 bits per heavy atom. The maximum absolute atomic E-state index is 5.74. The van der Waals surface area contributed by atoms with Crippen LogP contribution in [0.5, 0.6) is 23.0 Å². The predicted molar refractivity (Wildman–Crippen MR) is 71.0 cm³/mol. The largest absolute Gasteiger partial charge is 0.493 e. The Morgan fingerprint density at radius 2 is 1.39 bits per heavy atom. The molecule has 0 aliphatic carbocycles. The van der Waals surface area contributed by atoms with Crippen LogP contribution < -0.4 is 18.9 Å². The molecule has 4 heteroatoms. The molecular weight excluding hydrogens is 232 g/mol. The average Bonchev–Trinajstić information content (AvgIpc) is 2.33. The van der Waals surface area contributed by atoms with E-state index in [0.717, 1.165) is 0 Å². The molecule has 4 nitrogen and oxygen atoms in total. The number of ether oxygens (including phenoxy) is 4. The summed E-state index contributed by atoms with van der Waals surface area (Å²) in [5, 5.41) is 0. The molecule has 1 aromatic rings. The van der Waals surface area contributed by atoms with Gasteiger partial charge >= 0.3 is 0 Å². The maximum atomic E-state index is 5.74. The van der Waals surface area contributed by atoms with Gasteiger partial charge in [0.2, 0.25) is 5.75 Å². The molecule has 0 saturated carbocycles. The van der Waals surface area contributed by atoms with Crippen LogP contribution in [0.2, 0.25) is 0 Å². The summed E-state index contributed by atoms with van der Waals surface area (Å²) >= 11 is 0. The Labute approximate surface area is 109 Å². The minimum atomic E-state index is 0.0976. The zero-order chi connectivity index (χ0) is 13.8. The van der Waals surface area contributed by atoms with Gasteiger partial charge in [-0.1, -0.05) is 20.8 Å². The minimum absolute atomic E-state index is 0.0976. The molecule has 18 heavy (non-hydrogen) atoms. The zero-order valence-electron chi connectivity index (χ0n) is 12.0. The van der Waals surface area contributed by atoms with Crippen molar-refractivity contribution in [2.45, 2.75) is 20.8 Å². The van der Waals surface area contributed by atoms with Crippen molar-refractivity contribution >= 4 is 0 Å². The smallest absolute Gasteiger partial charge is 0.203 e. The number of hydrogen-bond donors (Lipinski definition) is 0. The van der Waals surface area contributed by atoms with Crippen molar-refractivity contribution in [3.05, 3.63) is 12.1 Å². The summed E-state index contributed by atoms with van der Waals surface area (Å²) in [6.45, 7) is 6.96. The fraction of sp³-hybridized carbons (Fsp3) is 0.571. The van der Waals surface area contributed by atoms with Crippen molar-refractivity contribution in [2.75, 3.05) is 27.9 Å². The third-order valence-electron chi connectivity index (χ3n) is 2.31. The van der Waals surface area contributed by atoms with Gasteiger partial charge in [-0.3, -0.25) is 0 Å². The van der Waals surface area contributed by atoms with Gasteiger partial charge in [-0.25, -0.2) is 0 Å². The minimum Gasteiger partial charge on any atom is -0.493 e. The molecule has 0 unspecified atom stereocenters. The van der Waals surface area contributed by atoms with Crippen molar-refractivity contribution < 1.29 is 18.9 Å². The van der Waals surface area contributed by atoms with Crippen LogP contribution in [0.15, 0.2) is 12.1 Å². The van der Waals surface area contributed by atoms with Gasteiger partial charge in [-0.15, -0.1) is 0 Å². The lowest BCUT2D eigenvalue weighted by atomic mass is 9.99. The van der Waals surface area contributed by atoms with Gasteiger partial charge in [0.15, 0.2) is 11.5 Å². The second-order valence-electron chi connectivity index (χ2n) is 5.21. The molecule has 0 bridgehead atoms. The lowest BCUT2D eigenvalue weighted by molar-refractivity contribution is 0.196. The first-order valence-corrected chi connectivity index (χ1v) is 5.84. The van der Waals surface area contributed by atoms with Gasteiger partial charge in [-0.05, 0) is 5.41 Å². The summed E-state index contributed by atoms with van der Waals surface area (Å²) < 4.78 is 21.5. The summed E-state index contributed by atoms with van der Waals surface area (Å²) in [5.74, 6) is 2.48. The molecule has 0 radical (unpaired) electrons. The van der Waals surface area contributed by atoms with Gasteiger partial charge < -0.3 is 18.9 Å². The van der Waals surface area contributed by atoms with Gasteiger partial charge in [0.25, 0.3) is 0 Å². The molecule has 0 amide bonds. The molecule has 1 rings (SSSR count). The molecular formula is C14H22O4. The highest BCUT2D eigenvalue weighted by atomic mass is 16.5. The predicted octanol–water partition coefficient (Wildman–Crippen LogP) is 3.14. The topological polar surface area (TPSA) is 36.9 Å². The van der Waals surface area contributed by atoms with Crippen LogP contribution in [-0.4, -0.2) is 27.9 Å². The van der Waals surface area contributed by atoms with E-state index in [1.54, 1.807) is 33.5 Å². The van der Waals surface area contributed by atoms with Gasteiger partial charge in [0.1, 0.15) is 5.75 Å². The molecule has 0 aromatic heterocycles. The molecule has 0 fully saturated rings. The Balaban J connectivity index is 3.00. The zero-order valence-corrected chi connectivity index (χ0v) is 12.0. The van der Waals surface area contributed by atoms with Crippen LogP contribution in [0, 0.1) is 5.41 Å². The lowest BCUT2D eigenvalue weighted by Crippen LogP contribution is -2.16. The van der Waals surface area contributed by atoms with E-state index in [0.29, 0.717) is 29.6 Å². The second-order valence-corrected chi connectivity index (χ2v) is 5.21. The summed E-state index contributed by atoms with van der Waals surface area (Å²) in [6, 6.07) is 3.60. The average molecular weight is 254 g/mol.